The number of nitrogens with zero attached hydrogens (tertiary/aromatic N) is 2. The number of hydrogen-bond acceptors (Lipinski definition) is 7. The molecule has 1 heterocycles. The number of thiazole rings is 1. The summed E-state index contributed by atoms with van der Waals surface area (Å²) in [6, 6.07) is -2.15. The second-order valence-corrected chi connectivity index (χ2v) is 10.1. The normalized spacial score (nSPS) is 12.4. The lowest BCUT2D eigenvalue weighted by Crippen LogP contribution is -2.16. The van der Waals surface area contributed by atoms with E-state index in [-0.39, 0.29) is 12.1 Å². The molecule has 0 saturated heterocycles. The number of carbonyl (C=O) groups is 1. The Bertz CT molecular complexity index is 522. The number of carboxylic acids is 1. The van der Waals surface area contributed by atoms with E-state index in [1.165, 1.54) is 11.3 Å². The first-order chi connectivity index (χ1) is 8.92. The summed E-state index contributed by atoms with van der Waals surface area (Å²) in [5.41, 5.74) is 6.07. The molecule has 0 saturated carbocycles. The Hall–Kier alpha value is -0.980. The quantitative estimate of drug-likeness (QED) is 0.454. The summed E-state index contributed by atoms with van der Waals surface area (Å²) >= 11 is 6.71. The van der Waals surface area contributed by atoms with Crippen molar-refractivity contribution in [2.24, 2.45) is 5.16 Å². The molecule has 0 aliphatic rings. The van der Waals surface area contributed by atoms with Crippen molar-refractivity contribution in [1.82, 2.24) is 4.98 Å². The fraction of sp³-hybridized carbons (Fsp3) is 0.500. The van der Waals surface area contributed by atoms with Crippen LogP contribution in [-0.2, 0) is 28.0 Å². The highest BCUT2D eigenvalue weighted by Gasteiger charge is 2.27. The molecule has 6 nitrogen and oxygen atoms in total. The van der Waals surface area contributed by atoms with E-state index >= 15 is 0 Å². The molecule has 0 bridgehead atoms. The van der Waals surface area contributed by atoms with Crippen molar-refractivity contribution in [1.29, 1.82) is 0 Å². The highest BCUT2D eigenvalue weighted by molar-refractivity contribution is 8.23. The molecule has 0 amide bonds. The van der Waals surface area contributed by atoms with E-state index in [1.54, 1.807) is 5.38 Å². The average molecular weight is 321 g/mol. The summed E-state index contributed by atoms with van der Waals surface area (Å²) in [6.07, 6.45) is 1.22. The number of rotatable bonds is 7. The van der Waals surface area contributed by atoms with Crippen LogP contribution >= 0.6 is 17.4 Å². The van der Waals surface area contributed by atoms with Crippen molar-refractivity contribution >= 4 is 45.7 Å². The molecule has 0 aromatic carbocycles. The van der Waals surface area contributed by atoms with Crippen LogP contribution in [0.4, 0.5) is 5.13 Å². The maximum Gasteiger partial charge on any atom is 0.359 e. The lowest BCUT2D eigenvalue weighted by Gasteiger charge is -2.16. The van der Waals surface area contributed by atoms with Gasteiger partial charge in [0.15, 0.2) is 17.2 Å². The van der Waals surface area contributed by atoms with Gasteiger partial charge in [-0.2, -0.15) is 0 Å². The van der Waals surface area contributed by atoms with Gasteiger partial charge in [0.2, 0.25) is 0 Å². The summed E-state index contributed by atoms with van der Waals surface area (Å²) < 4.78 is 0. The second kappa shape index (κ2) is 6.98. The molecular weight excluding hydrogens is 305 g/mol. The van der Waals surface area contributed by atoms with Crippen molar-refractivity contribution in [3.05, 3.63) is 11.1 Å². The largest absolute Gasteiger partial charge is 0.476 e. The number of carboxylic acid groups (broad SMARTS) is 1. The number of hydrogen-bond donors (Lipinski definition) is 2. The van der Waals surface area contributed by atoms with E-state index < -0.39 is 12.0 Å². The standard InChI is InChI=1S/C10H16N3O3PS2/c1-3-17(18,4-2)8(9(14)15)13-16-5-7-6-19-10(11)12-7/h6H,3-5H2,1-2H3,(H2,11,12)(H,14,15). The van der Waals surface area contributed by atoms with Gasteiger partial charge in [0, 0.05) is 11.4 Å². The summed E-state index contributed by atoms with van der Waals surface area (Å²) in [7, 11) is 0. The first-order valence-corrected chi connectivity index (χ1v) is 9.70. The summed E-state index contributed by atoms with van der Waals surface area (Å²) in [6.45, 7) is 3.85. The van der Waals surface area contributed by atoms with Gasteiger partial charge in [-0.3, -0.25) is 0 Å². The van der Waals surface area contributed by atoms with E-state index in [1.807, 2.05) is 13.8 Å². The van der Waals surface area contributed by atoms with Crippen LogP contribution in [0.5, 0.6) is 0 Å². The molecule has 3 N–H and O–H groups in total. The van der Waals surface area contributed by atoms with E-state index in [0.29, 0.717) is 23.1 Å². The fourth-order valence-corrected chi connectivity index (χ4v) is 3.84. The van der Waals surface area contributed by atoms with Gasteiger partial charge in [-0.1, -0.05) is 30.8 Å². The lowest BCUT2D eigenvalue weighted by molar-refractivity contribution is -0.129. The van der Waals surface area contributed by atoms with Crippen molar-refractivity contribution in [3.8, 4) is 0 Å². The first-order valence-electron chi connectivity index (χ1n) is 5.64. The molecule has 0 atom stereocenters. The van der Waals surface area contributed by atoms with Gasteiger partial charge >= 0.3 is 5.97 Å². The van der Waals surface area contributed by atoms with Crippen molar-refractivity contribution in [2.45, 2.75) is 20.5 Å². The maximum absolute atomic E-state index is 11.2. The van der Waals surface area contributed by atoms with Gasteiger partial charge in [-0.25, -0.2) is 9.78 Å². The zero-order valence-corrected chi connectivity index (χ0v) is 13.2. The SMILES string of the molecule is CCP(=S)(CC)C(=NOCc1csc(N)n1)C(=O)O. The summed E-state index contributed by atoms with van der Waals surface area (Å²) in [5.74, 6) is -1.11. The Morgan fingerprint density at radius 2 is 2.26 bits per heavy atom. The number of nitrogen functional groups attached to an aromatic ring is 1. The molecule has 0 aliphatic heterocycles. The number of aliphatic carboxylic acids is 1. The smallest absolute Gasteiger partial charge is 0.359 e. The third-order valence-electron chi connectivity index (χ3n) is 2.53. The molecule has 0 aliphatic carbocycles. The van der Waals surface area contributed by atoms with E-state index in [0.717, 1.165) is 0 Å². The van der Waals surface area contributed by atoms with Crippen LogP contribution in [0, 0.1) is 0 Å². The fourth-order valence-electron chi connectivity index (χ4n) is 1.36. The van der Waals surface area contributed by atoms with Gasteiger partial charge in [-0.05, 0) is 12.3 Å². The Morgan fingerprint density at radius 1 is 1.63 bits per heavy atom. The van der Waals surface area contributed by atoms with E-state index in [2.05, 4.69) is 10.1 Å². The highest BCUT2D eigenvalue weighted by atomic mass is 32.4. The molecule has 0 unspecified atom stereocenters. The Kier molecular flexibility index (Phi) is 5.90. The Balaban J connectivity index is 2.80. The molecule has 0 radical (unpaired) electrons. The topological polar surface area (TPSA) is 97.8 Å². The predicted molar refractivity (Wildman–Crippen MR) is 81.8 cm³/mol. The molecule has 1 aromatic rings. The van der Waals surface area contributed by atoms with Crippen LogP contribution in [0.1, 0.15) is 19.5 Å². The van der Waals surface area contributed by atoms with E-state index in [4.69, 9.17) is 22.4 Å². The Labute approximate surface area is 120 Å². The molecule has 1 aromatic heterocycles. The first kappa shape index (κ1) is 16.1. The van der Waals surface area contributed by atoms with Gasteiger partial charge in [0.1, 0.15) is 0 Å². The second-order valence-electron chi connectivity index (χ2n) is 3.69. The minimum atomic E-state index is -2.15. The minimum absolute atomic E-state index is 0.0318. The molecule has 9 heteroatoms. The minimum Gasteiger partial charge on any atom is -0.476 e. The number of oxime groups is 1. The van der Waals surface area contributed by atoms with Crippen LogP contribution in [0.25, 0.3) is 0 Å². The van der Waals surface area contributed by atoms with Crippen LogP contribution in [-0.4, -0.2) is 33.8 Å². The molecule has 0 spiro atoms. The summed E-state index contributed by atoms with van der Waals surface area (Å²) in [4.78, 5) is 20.3. The number of aromatic nitrogens is 1. The Morgan fingerprint density at radius 3 is 2.68 bits per heavy atom. The molecule has 19 heavy (non-hydrogen) atoms. The monoisotopic (exact) mass is 321 g/mol. The van der Waals surface area contributed by atoms with Crippen LogP contribution < -0.4 is 5.73 Å². The number of anilines is 1. The molecular formula is C10H16N3O3PS2. The van der Waals surface area contributed by atoms with Crippen molar-refractivity contribution in [3.63, 3.8) is 0 Å². The van der Waals surface area contributed by atoms with Gasteiger partial charge in [0.25, 0.3) is 0 Å². The molecule has 106 valence electrons. The van der Waals surface area contributed by atoms with Gasteiger partial charge < -0.3 is 15.7 Å². The molecule has 1 rings (SSSR count). The van der Waals surface area contributed by atoms with Crippen LogP contribution in [0.2, 0.25) is 0 Å². The summed E-state index contributed by atoms with van der Waals surface area (Å²) in [5, 5.41) is 15.1. The third-order valence-corrected chi connectivity index (χ3v) is 8.41. The third kappa shape index (κ3) is 4.26. The van der Waals surface area contributed by atoms with E-state index in [9.17, 15) is 9.90 Å². The van der Waals surface area contributed by atoms with Crippen LogP contribution in [0.15, 0.2) is 10.5 Å². The predicted octanol–water partition coefficient (Wildman–Crippen LogP) is 2.16. The highest BCUT2D eigenvalue weighted by Crippen LogP contribution is 2.47. The van der Waals surface area contributed by atoms with Crippen LogP contribution in [0.3, 0.4) is 0 Å². The number of nitrogens with two attached hydrogens (primary N) is 1. The van der Waals surface area contributed by atoms with Crippen molar-refractivity contribution < 1.29 is 14.7 Å². The average Bonchev–Trinajstić information content (AvgIpc) is 2.79. The van der Waals surface area contributed by atoms with Gasteiger partial charge in [0.05, 0.1) is 5.69 Å². The van der Waals surface area contributed by atoms with Gasteiger partial charge in [-0.15, -0.1) is 11.3 Å². The molecule has 0 fully saturated rings. The zero-order valence-electron chi connectivity index (χ0n) is 10.7. The lowest BCUT2D eigenvalue weighted by atomic mass is 10.5. The zero-order chi connectivity index (χ0) is 14.5. The maximum atomic E-state index is 11.2. The van der Waals surface area contributed by atoms with Crippen molar-refractivity contribution in [2.75, 3.05) is 18.1 Å².